The third-order valence-electron chi connectivity index (χ3n) is 4.28. The predicted molar refractivity (Wildman–Crippen MR) is 118 cm³/mol. The van der Waals surface area contributed by atoms with Crippen LogP contribution < -0.4 is 4.52 Å². The second-order valence-electron chi connectivity index (χ2n) is 6.33. The fourth-order valence-electron chi connectivity index (χ4n) is 2.77. The van der Waals surface area contributed by atoms with Gasteiger partial charge in [-0.1, -0.05) is 60.1 Å². The van der Waals surface area contributed by atoms with Crippen molar-refractivity contribution in [3.05, 3.63) is 88.9 Å². The number of rotatable bonds is 2. The van der Waals surface area contributed by atoms with Crippen LogP contribution in [-0.2, 0) is 26.8 Å². The smallest absolute Gasteiger partial charge is 0.402 e. The Labute approximate surface area is 179 Å². The molecule has 0 radical (unpaired) electrons. The van der Waals surface area contributed by atoms with Gasteiger partial charge in [0.15, 0.2) is 0 Å². The van der Waals surface area contributed by atoms with E-state index in [-0.39, 0.29) is 19.0 Å². The number of phosphoric acid groups is 1. The maximum Gasteiger partial charge on any atom is 0.530 e. The third kappa shape index (κ3) is 5.04. The normalized spacial score (nSPS) is 19.0. The minimum Gasteiger partial charge on any atom is -0.402 e. The van der Waals surface area contributed by atoms with E-state index in [1.54, 1.807) is 36.7 Å². The van der Waals surface area contributed by atoms with Gasteiger partial charge in [0.05, 0.1) is 29.6 Å². The first-order valence-corrected chi connectivity index (χ1v) is 11.0. The van der Waals surface area contributed by atoms with Gasteiger partial charge in [0.25, 0.3) is 0 Å². The Morgan fingerprint density at radius 3 is 1.83 bits per heavy atom. The van der Waals surface area contributed by atoms with Crippen molar-refractivity contribution in [2.24, 2.45) is 9.98 Å². The Morgan fingerprint density at radius 1 is 0.767 bits per heavy atom. The van der Waals surface area contributed by atoms with E-state index in [1.807, 2.05) is 48.5 Å². The van der Waals surface area contributed by atoms with Crippen molar-refractivity contribution >= 4 is 43.2 Å². The molecule has 0 atom stereocenters. The van der Waals surface area contributed by atoms with Crippen molar-refractivity contribution in [2.45, 2.75) is 13.2 Å². The molecule has 4 rings (SSSR count). The Kier molecular flexibility index (Phi) is 6.41. The molecule has 0 unspecified atom stereocenters. The van der Waals surface area contributed by atoms with Crippen molar-refractivity contribution < 1.29 is 18.1 Å². The molecule has 152 valence electrons. The Bertz CT molecular complexity index is 1090. The largest absolute Gasteiger partial charge is 0.530 e. The molecule has 30 heavy (non-hydrogen) atoms. The SMILES string of the molecule is O=P1(Oc2ccccc2Cl)OCc2ccccc2N=CC=Nc2ccccc2CO1. The first kappa shape index (κ1) is 20.5. The molecule has 0 spiro atoms. The minimum atomic E-state index is -4.03. The molecule has 0 fully saturated rings. The molecule has 6 nitrogen and oxygen atoms in total. The molecule has 0 bridgehead atoms. The van der Waals surface area contributed by atoms with E-state index in [9.17, 15) is 4.57 Å². The van der Waals surface area contributed by atoms with Gasteiger partial charge in [-0.15, -0.1) is 0 Å². The topological polar surface area (TPSA) is 69.5 Å². The zero-order chi connectivity index (χ0) is 20.8. The summed E-state index contributed by atoms with van der Waals surface area (Å²) in [5.41, 5.74) is 2.79. The molecule has 0 saturated carbocycles. The van der Waals surface area contributed by atoms with Gasteiger partial charge in [0.1, 0.15) is 5.75 Å². The molecule has 0 N–H and O–H groups in total. The highest BCUT2D eigenvalue weighted by molar-refractivity contribution is 7.48. The van der Waals surface area contributed by atoms with Crippen LogP contribution in [0.25, 0.3) is 0 Å². The summed E-state index contributed by atoms with van der Waals surface area (Å²) in [5, 5.41) is 0.304. The van der Waals surface area contributed by atoms with Crippen LogP contribution in [0, 0.1) is 0 Å². The lowest BCUT2D eigenvalue weighted by Crippen LogP contribution is -2.04. The molecule has 1 aliphatic heterocycles. The summed E-state index contributed by atoms with van der Waals surface area (Å²) >= 11 is 6.17. The van der Waals surface area contributed by atoms with Crippen LogP contribution >= 0.6 is 19.4 Å². The van der Waals surface area contributed by atoms with Gasteiger partial charge in [0.2, 0.25) is 0 Å². The first-order chi connectivity index (χ1) is 14.6. The summed E-state index contributed by atoms with van der Waals surface area (Å²) in [4.78, 5) is 8.85. The van der Waals surface area contributed by atoms with E-state index < -0.39 is 7.82 Å². The standard InChI is InChI=1S/C22H18ClN2O4P/c23-19-9-3-6-12-22(19)29-30(26)27-15-17-7-1-4-10-20(17)24-13-14-25-21-11-5-2-8-18(21)16-28-30/h1-14H,15-16H2. The van der Waals surface area contributed by atoms with Crippen LogP contribution in [0.4, 0.5) is 11.4 Å². The van der Waals surface area contributed by atoms with Gasteiger partial charge in [-0.05, 0) is 24.3 Å². The lowest BCUT2D eigenvalue weighted by Gasteiger charge is -2.20. The van der Waals surface area contributed by atoms with Gasteiger partial charge < -0.3 is 4.52 Å². The van der Waals surface area contributed by atoms with Crippen molar-refractivity contribution in [1.82, 2.24) is 0 Å². The van der Waals surface area contributed by atoms with Gasteiger partial charge in [0, 0.05) is 23.6 Å². The zero-order valence-corrected chi connectivity index (χ0v) is 17.5. The number of para-hydroxylation sites is 3. The highest BCUT2D eigenvalue weighted by Crippen LogP contribution is 2.52. The quantitative estimate of drug-likeness (QED) is 0.417. The van der Waals surface area contributed by atoms with E-state index in [0.717, 1.165) is 11.1 Å². The molecule has 0 amide bonds. The van der Waals surface area contributed by atoms with Gasteiger partial charge in [-0.2, -0.15) is 0 Å². The second-order valence-corrected chi connectivity index (χ2v) is 8.33. The average molecular weight is 441 g/mol. The lowest BCUT2D eigenvalue weighted by atomic mass is 10.2. The Morgan fingerprint density at radius 2 is 1.27 bits per heavy atom. The Hall–Kier alpha value is -2.76. The Balaban J connectivity index is 1.72. The number of aliphatic imine (C=N–C) groups is 2. The van der Waals surface area contributed by atoms with E-state index in [0.29, 0.717) is 16.4 Å². The highest BCUT2D eigenvalue weighted by Gasteiger charge is 2.30. The van der Waals surface area contributed by atoms with Crippen molar-refractivity contribution in [3.8, 4) is 5.75 Å². The number of hydrogen-bond acceptors (Lipinski definition) is 6. The molecule has 0 aromatic heterocycles. The summed E-state index contributed by atoms with van der Waals surface area (Å²) in [7, 11) is -4.03. The van der Waals surface area contributed by atoms with Crippen LogP contribution in [-0.4, -0.2) is 12.4 Å². The maximum absolute atomic E-state index is 13.5. The predicted octanol–water partition coefficient (Wildman–Crippen LogP) is 6.68. The van der Waals surface area contributed by atoms with Crippen molar-refractivity contribution in [2.75, 3.05) is 0 Å². The molecule has 3 aromatic rings. The average Bonchev–Trinajstić information content (AvgIpc) is 2.77. The summed E-state index contributed by atoms with van der Waals surface area (Å²) in [5.74, 6) is 0.212. The number of benzene rings is 3. The first-order valence-electron chi connectivity index (χ1n) is 9.19. The van der Waals surface area contributed by atoms with Gasteiger partial charge in [-0.25, -0.2) is 4.57 Å². The van der Waals surface area contributed by atoms with Crippen LogP contribution in [0.3, 0.4) is 0 Å². The number of phosphoric ester groups is 1. The monoisotopic (exact) mass is 440 g/mol. The highest BCUT2D eigenvalue weighted by atomic mass is 35.5. The van der Waals surface area contributed by atoms with Gasteiger partial charge in [-0.3, -0.25) is 19.0 Å². The fourth-order valence-corrected chi connectivity index (χ4v) is 4.17. The maximum atomic E-state index is 13.5. The van der Waals surface area contributed by atoms with E-state index in [1.165, 1.54) is 0 Å². The molecule has 0 aliphatic carbocycles. The molecule has 8 heteroatoms. The number of fused-ring (bicyclic) bond motifs is 2. The van der Waals surface area contributed by atoms with Crippen LogP contribution in [0.1, 0.15) is 11.1 Å². The van der Waals surface area contributed by atoms with Crippen LogP contribution in [0.2, 0.25) is 5.02 Å². The van der Waals surface area contributed by atoms with Crippen molar-refractivity contribution in [3.63, 3.8) is 0 Å². The third-order valence-corrected chi connectivity index (χ3v) is 5.90. The second kappa shape index (κ2) is 9.37. The van der Waals surface area contributed by atoms with Gasteiger partial charge >= 0.3 is 7.82 Å². The molecular weight excluding hydrogens is 423 g/mol. The molecular formula is C22H18ClN2O4P. The summed E-state index contributed by atoms with van der Waals surface area (Å²) in [6.45, 7) is -0.0396. The molecule has 3 aromatic carbocycles. The summed E-state index contributed by atoms with van der Waals surface area (Å²) < 4.78 is 30.5. The zero-order valence-electron chi connectivity index (χ0n) is 15.8. The van der Waals surface area contributed by atoms with Crippen molar-refractivity contribution in [1.29, 1.82) is 0 Å². The summed E-state index contributed by atoms with van der Waals surface area (Å²) in [6, 6.07) is 21.5. The molecule has 0 saturated heterocycles. The number of halogens is 1. The van der Waals surface area contributed by atoms with Crippen LogP contribution in [0.15, 0.2) is 82.8 Å². The summed E-state index contributed by atoms with van der Waals surface area (Å²) in [6.07, 6.45) is 3.21. The fraction of sp³-hybridized carbons (Fsp3) is 0.0909. The number of hydrogen-bond donors (Lipinski definition) is 0. The van der Waals surface area contributed by atoms with E-state index in [2.05, 4.69) is 9.98 Å². The van der Waals surface area contributed by atoms with E-state index in [4.69, 9.17) is 25.2 Å². The van der Waals surface area contributed by atoms with Crippen LogP contribution in [0.5, 0.6) is 5.75 Å². The minimum absolute atomic E-state index is 0.0198. The lowest BCUT2D eigenvalue weighted by molar-refractivity contribution is 0.143. The molecule has 1 aliphatic rings. The molecule has 1 heterocycles. The number of nitrogens with zero attached hydrogens (tertiary/aromatic N) is 2. The van der Waals surface area contributed by atoms with E-state index >= 15 is 0 Å².